The first-order valence-electron chi connectivity index (χ1n) is 6.83. The number of carbonyl (C=O) groups excluding carboxylic acids is 1. The molecule has 0 radical (unpaired) electrons. The van der Waals surface area contributed by atoms with E-state index >= 15 is 0 Å². The number of nitrogens with two attached hydrogens (primary N) is 1. The van der Waals surface area contributed by atoms with Gasteiger partial charge >= 0.3 is 6.09 Å². The minimum absolute atomic E-state index is 0.194. The fourth-order valence-electron chi connectivity index (χ4n) is 2.25. The number of hydrogen-bond donors (Lipinski definition) is 3. The summed E-state index contributed by atoms with van der Waals surface area (Å²) >= 11 is 0. The van der Waals surface area contributed by atoms with Gasteiger partial charge in [0.2, 0.25) is 0 Å². The molecule has 1 aliphatic rings. The van der Waals surface area contributed by atoms with Crippen molar-refractivity contribution in [2.24, 2.45) is 11.7 Å². The number of phenolic OH excluding ortho intramolecular Hbond substituents is 1. The largest absolute Gasteiger partial charge is 0.508 e. The molecule has 1 aliphatic carbocycles. The number of amides is 1. The van der Waals surface area contributed by atoms with Crippen LogP contribution in [0.15, 0.2) is 18.2 Å². The highest BCUT2D eigenvalue weighted by atomic mass is 16.6. The molecule has 0 aromatic heterocycles. The summed E-state index contributed by atoms with van der Waals surface area (Å²) in [6.45, 7) is 6.04. The van der Waals surface area contributed by atoms with E-state index in [0.29, 0.717) is 24.1 Å². The average Bonchev–Trinajstić information content (AvgIpc) is 3.05. The van der Waals surface area contributed by atoms with Crippen LogP contribution in [0.5, 0.6) is 5.75 Å². The van der Waals surface area contributed by atoms with Crippen molar-refractivity contribution in [3.8, 4) is 5.75 Å². The van der Waals surface area contributed by atoms with E-state index in [9.17, 15) is 9.90 Å². The highest BCUT2D eigenvalue weighted by molar-refractivity contribution is 5.85. The molecule has 110 valence electrons. The predicted molar refractivity (Wildman–Crippen MR) is 77.9 cm³/mol. The average molecular weight is 278 g/mol. The van der Waals surface area contributed by atoms with Crippen molar-refractivity contribution in [3.05, 3.63) is 23.8 Å². The van der Waals surface area contributed by atoms with Gasteiger partial charge in [-0.1, -0.05) is 6.07 Å². The molecule has 0 unspecified atom stereocenters. The van der Waals surface area contributed by atoms with Crippen LogP contribution < -0.4 is 11.1 Å². The Kier molecular flexibility index (Phi) is 3.90. The summed E-state index contributed by atoms with van der Waals surface area (Å²) in [5, 5.41) is 12.6. The van der Waals surface area contributed by atoms with E-state index in [1.807, 2.05) is 6.07 Å². The smallest absolute Gasteiger partial charge is 0.412 e. The molecule has 0 bridgehead atoms. The molecule has 1 aromatic rings. The van der Waals surface area contributed by atoms with Gasteiger partial charge in [-0.3, -0.25) is 5.32 Å². The van der Waals surface area contributed by atoms with Crippen LogP contribution in [0, 0.1) is 5.92 Å². The maximum Gasteiger partial charge on any atom is 0.412 e. The second-order valence-corrected chi connectivity index (χ2v) is 6.24. The number of hydrogen-bond acceptors (Lipinski definition) is 4. The van der Waals surface area contributed by atoms with Crippen LogP contribution in [0.25, 0.3) is 0 Å². The van der Waals surface area contributed by atoms with E-state index in [2.05, 4.69) is 5.32 Å². The second-order valence-electron chi connectivity index (χ2n) is 6.24. The molecule has 0 saturated heterocycles. The number of nitrogens with one attached hydrogen (secondary N) is 1. The van der Waals surface area contributed by atoms with Crippen LogP contribution in [0.2, 0.25) is 0 Å². The lowest BCUT2D eigenvalue weighted by atomic mass is 10.1. The number of rotatable bonds is 3. The molecule has 1 amide bonds. The van der Waals surface area contributed by atoms with Crippen LogP contribution in [0.3, 0.4) is 0 Å². The third kappa shape index (κ3) is 3.63. The van der Waals surface area contributed by atoms with Gasteiger partial charge < -0.3 is 15.6 Å². The van der Waals surface area contributed by atoms with E-state index in [4.69, 9.17) is 10.5 Å². The first-order valence-corrected chi connectivity index (χ1v) is 6.83. The third-order valence-electron chi connectivity index (χ3n) is 3.30. The second kappa shape index (κ2) is 5.32. The molecule has 0 spiro atoms. The summed E-state index contributed by atoms with van der Waals surface area (Å²) in [6.07, 6.45) is 0.485. The molecule has 20 heavy (non-hydrogen) atoms. The van der Waals surface area contributed by atoms with Gasteiger partial charge in [-0.2, -0.15) is 0 Å². The lowest BCUT2D eigenvalue weighted by molar-refractivity contribution is 0.0636. The topological polar surface area (TPSA) is 84.6 Å². The molecular weight excluding hydrogens is 256 g/mol. The summed E-state index contributed by atoms with van der Waals surface area (Å²) in [5.74, 6) is 1.00. The van der Waals surface area contributed by atoms with Gasteiger partial charge in [0.1, 0.15) is 11.4 Å². The highest BCUT2D eigenvalue weighted by Gasteiger charge is 2.38. The minimum atomic E-state index is -0.547. The maximum absolute atomic E-state index is 11.6. The van der Waals surface area contributed by atoms with Crippen molar-refractivity contribution >= 4 is 11.8 Å². The van der Waals surface area contributed by atoms with E-state index < -0.39 is 11.7 Å². The van der Waals surface area contributed by atoms with Crippen LogP contribution in [-0.4, -0.2) is 23.3 Å². The lowest BCUT2D eigenvalue weighted by Gasteiger charge is -2.19. The molecule has 1 fully saturated rings. The Labute approximate surface area is 119 Å². The van der Waals surface area contributed by atoms with Crippen molar-refractivity contribution < 1.29 is 14.6 Å². The molecular formula is C15H22N2O3. The molecule has 2 rings (SSSR count). The fourth-order valence-corrected chi connectivity index (χ4v) is 2.25. The van der Waals surface area contributed by atoms with Crippen LogP contribution in [0.1, 0.15) is 38.7 Å². The van der Waals surface area contributed by atoms with Gasteiger partial charge in [-0.15, -0.1) is 0 Å². The molecule has 1 saturated carbocycles. The molecule has 4 N–H and O–H groups in total. The van der Waals surface area contributed by atoms with E-state index in [1.165, 1.54) is 0 Å². The fraction of sp³-hybridized carbons (Fsp3) is 0.533. The molecule has 5 nitrogen and oxygen atoms in total. The molecule has 1 aromatic carbocycles. The maximum atomic E-state index is 11.6. The Balaban J connectivity index is 2.01. The number of ether oxygens (including phenoxy) is 1. The normalized spacial score (nSPS) is 21.4. The summed E-state index contributed by atoms with van der Waals surface area (Å²) in [7, 11) is 0. The monoisotopic (exact) mass is 278 g/mol. The van der Waals surface area contributed by atoms with E-state index in [-0.39, 0.29) is 5.75 Å². The Morgan fingerprint density at radius 3 is 2.70 bits per heavy atom. The molecule has 5 heteroatoms. The Morgan fingerprint density at radius 2 is 2.20 bits per heavy atom. The first-order chi connectivity index (χ1) is 9.30. The molecule has 0 aliphatic heterocycles. The number of carbonyl (C=O) groups is 1. The third-order valence-corrected chi connectivity index (χ3v) is 3.30. The lowest BCUT2D eigenvalue weighted by Crippen LogP contribution is -2.27. The van der Waals surface area contributed by atoms with Gasteiger partial charge in [-0.25, -0.2) is 4.79 Å². The summed E-state index contributed by atoms with van der Waals surface area (Å²) in [5.41, 5.74) is 6.48. The zero-order valence-electron chi connectivity index (χ0n) is 12.1. The van der Waals surface area contributed by atoms with Gasteiger partial charge in [0.15, 0.2) is 0 Å². The summed E-state index contributed by atoms with van der Waals surface area (Å²) in [4.78, 5) is 11.6. The van der Waals surface area contributed by atoms with Gasteiger partial charge in [-0.05, 0) is 57.2 Å². The quantitative estimate of drug-likeness (QED) is 0.793. The van der Waals surface area contributed by atoms with E-state index in [1.54, 1.807) is 32.9 Å². The van der Waals surface area contributed by atoms with Crippen molar-refractivity contribution in [1.82, 2.24) is 0 Å². The molecule has 2 atom stereocenters. The minimum Gasteiger partial charge on any atom is -0.508 e. The zero-order valence-corrected chi connectivity index (χ0v) is 12.1. The van der Waals surface area contributed by atoms with Crippen LogP contribution >= 0.6 is 0 Å². The van der Waals surface area contributed by atoms with Crippen molar-refractivity contribution in [1.29, 1.82) is 0 Å². The van der Waals surface area contributed by atoms with Crippen LogP contribution in [0.4, 0.5) is 10.5 Å². The summed E-state index contributed by atoms with van der Waals surface area (Å²) in [6, 6.07) is 5.15. The van der Waals surface area contributed by atoms with E-state index in [0.717, 1.165) is 12.0 Å². The number of phenols is 1. The summed E-state index contributed by atoms with van der Waals surface area (Å²) < 4.78 is 5.16. The highest BCUT2D eigenvalue weighted by Crippen LogP contribution is 2.49. The number of anilines is 1. The zero-order chi connectivity index (χ0) is 14.9. The SMILES string of the molecule is CC(C)(C)OC(=O)Nc1ccc([C@@H]2C[C@H]2CN)c(O)c1. The van der Waals surface area contributed by atoms with Crippen molar-refractivity contribution in [2.45, 2.75) is 38.7 Å². The van der Waals surface area contributed by atoms with Crippen LogP contribution in [-0.2, 0) is 4.74 Å². The standard InChI is InChI=1S/C15H22N2O3/c1-15(2,3)20-14(19)17-10-4-5-11(13(18)7-10)12-6-9(12)8-16/h4-5,7,9,12,18H,6,8,16H2,1-3H3,(H,17,19)/t9-,12+/m0/s1. The Bertz CT molecular complexity index is 508. The van der Waals surface area contributed by atoms with Gasteiger partial charge in [0, 0.05) is 11.8 Å². The van der Waals surface area contributed by atoms with Crippen molar-refractivity contribution in [2.75, 3.05) is 11.9 Å². The molecule has 0 heterocycles. The van der Waals surface area contributed by atoms with Gasteiger partial charge in [0.25, 0.3) is 0 Å². The number of benzene rings is 1. The Hall–Kier alpha value is -1.75. The Morgan fingerprint density at radius 1 is 1.50 bits per heavy atom. The number of aromatic hydroxyl groups is 1. The first kappa shape index (κ1) is 14.7. The van der Waals surface area contributed by atoms with Gasteiger partial charge in [0.05, 0.1) is 0 Å². The predicted octanol–water partition coefficient (Wildman–Crippen LogP) is 2.80. The van der Waals surface area contributed by atoms with Crippen molar-refractivity contribution in [3.63, 3.8) is 0 Å².